The monoisotopic (exact) mass is 433 g/mol. The number of anilines is 1. The summed E-state index contributed by atoms with van der Waals surface area (Å²) in [6.07, 6.45) is 2.63. The molecule has 0 saturated carbocycles. The number of nitrogens with zero attached hydrogens (tertiary/aromatic N) is 4. The molecule has 2 aliphatic rings. The smallest absolute Gasteiger partial charge is 0.341 e. The van der Waals surface area contributed by atoms with Crippen LogP contribution in [0.3, 0.4) is 0 Å². The number of rotatable bonds is 7. The first-order valence-electron chi connectivity index (χ1n) is 10.6. The van der Waals surface area contributed by atoms with Crippen molar-refractivity contribution in [1.29, 1.82) is 0 Å². The second-order valence-electron chi connectivity index (χ2n) is 8.09. The van der Waals surface area contributed by atoms with E-state index >= 15 is 0 Å². The van der Waals surface area contributed by atoms with Gasteiger partial charge in [0.15, 0.2) is 0 Å². The van der Waals surface area contributed by atoms with Crippen LogP contribution in [0.4, 0.5) is 19.1 Å². The highest BCUT2D eigenvalue weighted by Crippen LogP contribution is 2.31. The Kier molecular flexibility index (Phi) is 6.41. The van der Waals surface area contributed by atoms with Gasteiger partial charge in [0.25, 0.3) is 0 Å². The molecule has 2 aliphatic heterocycles. The van der Waals surface area contributed by atoms with Gasteiger partial charge in [0.05, 0.1) is 11.6 Å². The Labute approximate surface area is 179 Å². The Morgan fingerprint density at radius 1 is 1.06 bits per heavy atom. The maximum Gasteiger partial charge on any atom is 0.416 e. The lowest BCUT2D eigenvalue weighted by Gasteiger charge is -2.26. The molecule has 3 heterocycles. The second kappa shape index (κ2) is 9.21. The van der Waals surface area contributed by atoms with Crippen molar-refractivity contribution in [2.75, 3.05) is 31.1 Å². The first-order chi connectivity index (χ1) is 14.9. The van der Waals surface area contributed by atoms with Crippen LogP contribution in [0.5, 0.6) is 0 Å². The number of nitrogens with one attached hydrogen (secondary N) is 1. The Balaban J connectivity index is 1.48. The van der Waals surface area contributed by atoms with Gasteiger partial charge in [-0.15, -0.1) is 0 Å². The van der Waals surface area contributed by atoms with Gasteiger partial charge in [-0.05, 0) is 37.0 Å². The SMILES string of the molecule is O=C1CCCN1C[C@@H](NCc1cnc(N2CCCC2)nc1)c1cccc(C(F)(F)F)c1. The standard InChI is InChI=1S/C22H26F3N5O/c23-22(24,25)18-6-3-5-17(11-18)19(15-30-10-4-7-20(30)31)26-12-16-13-27-21(28-14-16)29-8-1-2-9-29/h3,5-6,11,13-14,19,26H,1-2,4,7-10,12,15H2/t19-/m1/s1. The lowest BCUT2D eigenvalue weighted by Crippen LogP contribution is -2.36. The summed E-state index contributed by atoms with van der Waals surface area (Å²) in [7, 11) is 0. The molecule has 1 atom stereocenters. The van der Waals surface area contributed by atoms with E-state index in [0.29, 0.717) is 37.6 Å². The molecule has 0 bridgehead atoms. The van der Waals surface area contributed by atoms with E-state index in [-0.39, 0.29) is 5.91 Å². The van der Waals surface area contributed by atoms with Crippen LogP contribution in [0.25, 0.3) is 0 Å². The number of amides is 1. The number of alkyl halides is 3. The fraction of sp³-hybridized carbons (Fsp3) is 0.500. The van der Waals surface area contributed by atoms with Crippen molar-refractivity contribution in [3.63, 3.8) is 0 Å². The van der Waals surface area contributed by atoms with Crippen molar-refractivity contribution in [3.05, 3.63) is 53.3 Å². The van der Waals surface area contributed by atoms with Crippen LogP contribution >= 0.6 is 0 Å². The highest BCUT2D eigenvalue weighted by Gasteiger charge is 2.31. The van der Waals surface area contributed by atoms with Crippen LogP contribution in [-0.4, -0.2) is 47.0 Å². The van der Waals surface area contributed by atoms with Crippen molar-refractivity contribution < 1.29 is 18.0 Å². The Morgan fingerprint density at radius 3 is 2.45 bits per heavy atom. The predicted molar refractivity (Wildman–Crippen MR) is 110 cm³/mol. The van der Waals surface area contributed by atoms with Crippen LogP contribution in [0, 0.1) is 0 Å². The summed E-state index contributed by atoms with van der Waals surface area (Å²) < 4.78 is 39.6. The molecular weight excluding hydrogens is 407 g/mol. The minimum atomic E-state index is -4.41. The summed E-state index contributed by atoms with van der Waals surface area (Å²) in [4.78, 5) is 24.8. The molecule has 2 aromatic rings. The molecule has 1 aromatic heterocycles. The van der Waals surface area contributed by atoms with Crippen LogP contribution in [0.1, 0.15) is 48.4 Å². The Bertz CT molecular complexity index is 897. The lowest BCUT2D eigenvalue weighted by molar-refractivity contribution is -0.137. The van der Waals surface area contributed by atoms with Crippen molar-refractivity contribution in [2.45, 2.75) is 44.4 Å². The average molecular weight is 433 g/mol. The van der Waals surface area contributed by atoms with Gasteiger partial charge in [-0.2, -0.15) is 13.2 Å². The summed E-state index contributed by atoms with van der Waals surface area (Å²) in [6.45, 7) is 3.26. The zero-order valence-electron chi connectivity index (χ0n) is 17.2. The molecule has 31 heavy (non-hydrogen) atoms. The zero-order valence-corrected chi connectivity index (χ0v) is 17.2. The number of likely N-dealkylation sites (tertiary alicyclic amines) is 1. The molecule has 1 aromatic carbocycles. The van der Waals surface area contributed by atoms with Crippen molar-refractivity contribution in [3.8, 4) is 0 Å². The number of carbonyl (C=O) groups excluding carboxylic acids is 1. The molecule has 1 N–H and O–H groups in total. The van der Waals surface area contributed by atoms with E-state index in [9.17, 15) is 18.0 Å². The normalized spacial score (nSPS) is 18.1. The van der Waals surface area contributed by atoms with Gasteiger partial charge in [0.2, 0.25) is 11.9 Å². The number of hydrogen-bond donors (Lipinski definition) is 1. The van der Waals surface area contributed by atoms with E-state index in [1.165, 1.54) is 6.07 Å². The van der Waals surface area contributed by atoms with Crippen molar-refractivity contribution in [1.82, 2.24) is 20.2 Å². The average Bonchev–Trinajstić information content (AvgIpc) is 3.43. The van der Waals surface area contributed by atoms with E-state index < -0.39 is 17.8 Å². The fourth-order valence-corrected chi connectivity index (χ4v) is 4.10. The number of benzene rings is 1. The van der Waals surface area contributed by atoms with Crippen LogP contribution in [0.2, 0.25) is 0 Å². The van der Waals surface area contributed by atoms with E-state index in [4.69, 9.17) is 0 Å². The van der Waals surface area contributed by atoms with E-state index in [1.54, 1.807) is 23.4 Å². The van der Waals surface area contributed by atoms with Gasteiger partial charge < -0.3 is 15.1 Å². The third kappa shape index (κ3) is 5.33. The van der Waals surface area contributed by atoms with Crippen LogP contribution < -0.4 is 10.2 Å². The predicted octanol–water partition coefficient (Wildman–Crippen LogP) is 3.55. The molecule has 6 nitrogen and oxygen atoms in total. The molecule has 2 fully saturated rings. The van der Waals surface area contributed by atoms with Gasteiger partial charge in [-0.25, -0.2) is 9.97 Å². The molecule has 1 amide bonds. The summed E-state index contributed by atoms with van der Waals surface area (Å²) in [5.74, 6) is 0.746. The quantitative estimate of drug-likeness (QED) is 0.724. The Hall–Kier alpha value is -2.68. The highest BCUT2D eigenvalue weighted by molar-refractivity contribution is 5.78. The summed E-state index contributed by atoms with van der Waals surface area (Å²) in [5, 5.41) is 3.31. The molecule has 4 rings (SSSR count). The van der Waals surface area contributed by atoms with Crippen molar-refractivity contribution in [2.24, 2.45) is 0 Å². The highest BCUT2D eigenvalue weighted by atomic mass is 19.4. The number of halogens is 3. The van der Waals surface area contributed by atoms with Gasteiger partial charge in [0.1, 0.15) is 0 Å². The number of aromatic nitrogens is 2. The Morgan fingerprint density at radius 2 is 1.81 bits per heavy atom. The van der Waals surface area contributed by atoms with Crippen molar-refractivity contribution >= 4 is 11.9 Å². The minimum Gasteiger partial charge on any atom is -0.341 e. The first kappa shape index (κ1) is 21.5. The maximum atomic E-state index is 13.2. The van der Waals surface area contributed by atoms with Gasteiger partial charge >= 0.3 is 6.18 Å². The molecule has 9 heteroatoms. The molecule has 0 unspecified atom stereocenters. The molecule has 166 valence electrons. The molecular formula is C22H26F3N5O. The van der Waals surface area contributed by atoms with Gasteiger partial charge in [-0.3, -0.25) is 4.79 Å². The van der Waals surface area contributed by atoms with E-state index in [0.717, 1.165) is 50.0 Å². The third-order valence-electron chi connectivity index (χ3n) is 5.82. The van der Waals surface area contributed by atoms with Crippen LogP contribution in [-0.2, 0) is 17.5 Å². The molecule has 2 saturated heterocycles. The van der Waals surface area contributed by atoms with E-state index in [2.05, 4.69) is 20.2 Å². The van der Waals surface area contributed by atoms with E-state index in [1.807, 2.05) is 0 Å². The largest absolute Gasteiger partial charge is 0.416 e. The topological polar surface area (TPSA) is 61.4 Å². The second-order valence-corrected chi connectivity index (χ2v) is 8.09. The lowest BCUT2D eigenvalue weighted by atomic mass is 10.0. The first-order valence-corrected chi connectivity index (χ1v) is 10.6. The summed E-state index contributed by atoms with van der Waals surface area (Å²) in [6, 6.07) is 4.87. The van der Waals surface area contributed by atoms with Gasteiger partial charge in [-0.1, -0.05) is 12.1 Å². The fourth-order valence-electron chi connectivity index (χ4n) is 4.10. The maximum absolute atomic E-state index is 13.2. The van der Waals surface area contributed by atoms with Gasteiger partial charge in [0, 0.05) is 57.1 Å². The third-order valence-corrected chi connectivity index (χ3v) is 5.82. The molecule has 0 aliphatic carbocycles. The number of carbonyl (C=O) groups is 1. The minimum absolute atomic E-state index is 0.0390. The summed E-state index contributed by atoms with van der Waals surface area (Å²) >= 11 is 0. The molecule has 0 spiro atoms. The summed E-state index contributed by atoms with van der Waals surface area (Å²) in [5.41, 5.74) is 0.652. The van der Waals surface area contributed by atoms with Crippen LogP contribution in [0.15, 0.2) is 36.7 Å². The number of hydrogen-bond acceptors (Lipinski definition) is 5. The zero-order chi connectivity index (χ0) is 21.8. The molecule has 0 radical (unpaired) electrons.